The zero-order valence-electron chi connectivity index (χ0n) is 12.3. The van der Waals surface area contributed by atoms with Crippen LogP contribution in [0.3, 0.4) is 0 Å². The largest absolute Gasteiger partial charge is 0.385 e. The molecule has 6 nitrogen and oxygen atoms in total. The zero-order valence-corrected chi connectivity index (χ0v) is 13.2. The van der Waals surface area contributed by atoms with E-state index in [1.807, 2.05) is 48.7 Å². The fourth-order valence-corrected chi connectivity index (χ4v) is 2.92. The van der Waals surface area contributed by atoms with Gasteiger partial charge in [0.15, 0.2) is 6.61 Å². The third-order valence-corrected chi connectivity index (χ3v) is 4.60. The summed E-state index contributed by atoms with van der Waals surface area (Å²) in [5.41, 5.74) is 1.47. The van der Waals surface area contributed by atoms with Crippen LogP contribution in [0, 0.1) is 0 Å². The van der Waals surface area contributed by atoms with Gasteiger partial charge in [-0.25, -0.2) is 0 Å². The molecular weight excluding hydrogens is 300 g/mol. The molecule has 1 amide bonds. The summed E-state index contributed by atoms with van der Waals surface area (Å²) in [6.45, 7) is 1.91. The van der Waals surface area contributed by atoms with Crippen molar-refractivity contribution in [3.8, 4) is 0 Å². The Kier molecular flexibility index (Phi) is 4.06. The summed E-state index contributed by atoms with van der Waals surface area (Å²) in [6, 6.07) is 11.5. The average molecular weight is 316 g/mol. The van der Waals surface area contributed by atoms with Gasteiger partial charge < -0.3 is 9.74 Å². The van der Waals surface area contributed by atoms with Crippen LogP contribution in [0.4, 0.5) is 0 Å². The molecule has 0 saturated carbocycles. The smallest absolute Gasteiger partial charge is 0.263 e. The molecule has 0 radical (unpaired) electrons. The molecule has 3 rings (SSSR count). The van der Waals surface area contributed by atoms with Gasteiger partial charge in [-0.1, -0.05) is 23.0 Å². The van der Waals surface area contributed by atoms with Crippen LogP contribution in [0.5, 0.6) is 0 Å². The van der Waals surface area contributed by atoms with E-state index >= 15 is 0 Å². The lowest BCUT2D eigenvalue weighted by atomic mass is 10.2. The first kappa shape index (κ1) is 14.5. The molecule has 2 aromatic heterocycles. The number of nitrogens with zero attached hydrogens (tertiary/aromatic N) is 4. The first-order chi connectivity index (χ1) is 10.7. The fraction of sp³-hybridized carbons (Fsp3) is 0.267. The van der Waals surface area contributed by atoms with Crippen LogP contribution in [0.15, 0.2) is 41.8 Å². The topological polar surface area (TPSA) is 60.2 Å². The van der Waals surface area contributed by atoms with Gasteiger partial charge >= 0.3 is 0 Å². The summed E-state index contributed by atoms with van der Waals surface area (Å²) in [7, 11) is 1.77. The molecule has 0 spiro atoms. The molecule has 0 aliphatic rings. The van der Waals surface area contributed by atoms with Crippen LogP contribution in [0.25, 0.3) is 11.0 Å². The van der Waals surface area contributed by atoms with Gasteiger partial charge in [-0.3, -0.25) is 4.79 Å². The summed E-state index contributed by atoms with van der Waals surface area (Å²) in [6.07, 6.45) is 0. The molecule has 2 heterocycles. The molecule has 7 heteroatoms. The van der Waals surface area contributed by atoms with Gasteiger partial charge in [-0.2, -0.15) is 0 Å². The van der Waals surface area contributed by atoms with Crippen molar-refractivity contribution in [2.75, 3.05) is 13.7 Å². The minimum atomic E-state index is -0.111. The first-order valence-corrected chi connectivity index (χ1v) is 7.77. The SMILES string of the molecule is C[C@@H](c1cccs1)N(C)C(=O)COn1nnc2ccccc21. The molecule has 0 unspecified atom stereocenters. The fourth-order valence-electron chi connectivity index (χ4n) is 2.10. The molecule has 3 aromatic rings. The van der Waals surface area contributed by atoms with Gasteiger partial charge in [-0.15, -0.1) is 16.4 Å². The first-order valence-electron chi connectivity index (χ1n) is 6.89. The van der Waals surface area contributed by atoms with Crippen molar-refractivity contribution in [3.63, 3.8) is 0 Å². The molecule has 0 saturated heterocycles. The van der Waals surface area contributed by atoms with E-state index in [0.717, 1.165) is 15.9 Å². The Morgan fingerprint density at radius 2 is 2.18 bits per heavy atom. The van der Waals surface area contributed by atoms with E-state index in [2.05, 4.69) is 10.3 Å². The number of hydrogen-bond acceptors (Lipinski definition) is 5. The number of likely N-dealkylation sites (N-methyl/N-ethyl adjacent to an activating group) is 1. The zero-order chi connectivity index (χ0) is 15.5. The standard InChI is InChI=1S/C15H16N4O2S/c1-11(14-8-5-9-22-14)18(2)15(20)10-21-19-13-7-4-3-6-12(13)16-17-19/h3-9,11H,10H2,1-2H3/t11-/m0/s1. The summed E-state index contributed by atoms with van der Waals surface area (Å²) in [5, 5.41) is 9.88. The highest BCUT2D eigenvalue weighted by molar-refractivity contribution is 7.10. The average Bonchev–Trinajstić information content (AvgIpc) is 3.21. The van der Waals surface area contributed by atoms with Crippen molar-refractivity contribution >= 4 is 28.3 Å². The molecule has 0 N–H and O–H groups in total. The normalized spacial score (nSPS) is 12.3. The second kappa shape index (κ2) is 6.15. The minimum Gasteiger partial charge on any atom is -0.385 e. The van der Waals surface area contributed by atoms with E-state index in [1.165, 1.54) is 4.85 Å². The summed E-state index contributed by atoms with van der Waals surface area (Å²) in [5.74, 6) is -0.111. The third kappa shape index (κ3) is 2.80. The van der Waals surface area contributed by atoms with Crippen molar-refractivity contribution in [1.82, 2.24) is 20.1 Å². The molecule has 114 valence electrons. The summed E-state index contributed by atoms with van der Waals surface area (Å²) in [4.78, 5) is 21.8. The maximum absolute atomic E-state index is 12.3. The van der Waals surface area contributed by atoms with E-state index in [4.69, 9.17) is 4.84 Å². The van der Waals surface area contributed by atoms with Gasteiger partial charge in [0, 0.05) is 11.9 Å². The van der Waals surface area contributed by atoms with Gasteiger partial charge in [0.05, 0.1) is 6.04 Å². The molecule has 0 bridgehead atoms. The lowest BCUT2D eigenvalue weighted by Gasteiger charge is -2.23. The van der Waals surface area contributed by atoms with E-state index in [9.17, 15) is 4.79 Å². The van der Waals surface area contributed by atoms with E-state index in [-0.39, 0.29) is 18.6 Å². The van der Waals surface area contributed by atoms with Gasteiger partial charge in [0.1, 0.15) is 11.0 Å². The quantitative estimate of drug-likeness (QED) is 0.723. The second-order valence-electron chi connectivity index (χ2n) is 4.92. The van der Waals surface area contributed by atoms with Gasteiger partial charge in [-0.05, 0) is 35.7 Å². The lowest BCUT2D eigenvalue weighted by Crippen LogP contribution is -2.35. The molecule has 1 atom stereocenters. The van der Waals surface area contributed by atoms with Crippen molar-refractivity contribution < 1.29 is 9.63 Å². The van der Waals surface area contributed by atoms with E-state index in [1.54, 1.807) is 23.3 Å². The predicted molar refractivity (Wildman–Crippen MR) is 84.5 cm³/mol. The maximum Gasteiger partial charge on any atom is 0.263 e. The number of carbonyl (C=O) groups is 1. The molecular formula is C15H16N4O2S. The molecule has 0 aliphatic heterocycles. The van der Waals surface area contributed by atoms with Gasteiger partial charge in [0.25, 0.3) is 5.91 Å². The number of hydrogen-bond donors (Lipinski definition) is 0. The highest BCUT2D eigenvalue weighted by Gasteiger charge is 2.19. The van der Waals surface area contributed by atoms with Crippen molar-refractivity contribution in [2.45, 2.75) is 13.0 Å². The van der Waals surface area contributed by atoms with Crippen LogP contribution in [-0.2, 0) is 4.79 Å². The minimum absolute atomic E-state index is 0.0172. The van der Waals surface area contributed by atoms with Crippen molar-refractivity contribution in [1.29, 1.82) is 0 Å². The van der Waals surface area contributed by atoms with Crippen LogP contribution in [-0.4, -0.2) is 39.6 Å². The maximum atomic E-state index is 12.3. The molecule has 1 aromatic carbocycles. The monoisotopic (exact) mass is 316 g/mol. The molecule has 0 aliphatic carbocycles. The Morgan fingerprint density at radius 3 is 2.95 bits per heavy atom. The highest BCUT2D eigenvalue weighted by Crippen LogP contribution is 2.23. The number of thiophene rings is 1. The highest BCUT2D eigenvalue weighted by atomic mass is 32.1. The number of carbonyl (C=O) groups excluding carboxylic acids is 1. The number of benzene rings is 1. The summed E-state index contributed by atoms with van der Waals surface area (Å²) < 4.78 is 0. The Hall–Kier alpha value is -2.41. The Balaban J connectivity index is 1.64. The number of rotatable bonds is 5. The molecule has 0 fully saturated rings. The number of fused-ring (bicyclic) bond motifs is 1. The Labute approximate surface area is 131 Å². The van der Waals surface area contributed by atoms with Crippen LogP contribution in [0.1, 0.15) is 17.8 Å². The van der Waals surface area contributed by atoms with Crippen LogP contribution in [0.2, 0.25) is 0 Å². The Bertz CT molecular complexity index is 769. The van der Waals surface area contributed by atoms with Crippen LogP contribution >= 0.6 is 11.3 Å². The van der Waals surface area contributed by atoms with E-state index < -0.39 is 0 Å². The second-order valence-corrected chi connectivity index (χ2v) is 5.90. The van der Waals surface area contributed by atoms with Crippen molar-refractivity contribution in [2.24, 2.45) is 0 Å². The third-order valence-electron chi connectivity index (χ3n) is 3.56. The van der Waals surface area contributed by atoms with E-state index in [0.29, 0.717) is 0 Å². The number of aromatic nitrogens is 3. The number of para-hydroxylation sites is 1. The number of amides is 1. The predicted octanol–water partition coefficient (Wildman–Crippen LogP) is 2.14. The van der Waals surface area contributed by atoms with Crippen LogP contribution < -0.4 is 4.84 Å². The Morgan fingerprint density at radius 1 is 1.36 bits per heavy atom. The van der Waals surface area contributed by atoms with Gasteiger partial charge in [0.2, 0.25) is 0 Å². The summed E-state index contributed by atoms with van der Waals surface area (Å²) >= 11 is 1.63. The lowest BCUT2D eigenvalue weighted by molar-refractivity contribution is -0.137. The molecule has 22 heavy (non-hydrogen) atoms. The van der Waals surface area contributed by atoms with Crippen molar-refractivity contribution in [3.05, 3.63) is 46.7 Å².